The predicted octanol–water partition coefficient (Wildman–Crippen LogP) is 4.79. The molecule has 0 aliphatic carbocycles. The lowest BCUT2D eigenvalue weighted by Gasteiger charge is -2.21. The Morgan fingerprint density at radius 2 is 1.63 bits per heavy atom. The number of hydrogen-bond acceptors (Lipinski definition) is 4. The normalized spacial score (nSPS) is 16.1. The van der Waals surface area contributed by atoms with Gasteiger partial charge in [0.15, 0.2) is 5.96 Å². The van der Waals surface area contributed by atoms with Gasteiger partial charge in [0.2, 0.25) is 0 Å². The van der Waals surface area contributed by atoms with Crippen molar-refractivity contribution in [2.45, 2.75) is 13.0 Å². The molecule has 1 aliphatic heterocycles. The summed E-state index contributed by atoms with van der Waals surface area (Å²) in [5.41, 5.74) is 10.3. The molecule has 0 aromatic heterocycles. The minimum Gasteiger partial charge on any atom is -0.457 e. The maximum atomic E-state index is 6.05. The Labute approximate surface area is 159 Å². The predicted molar refractivity (Wildman–Crippen MR) is 110 cm³/mol. The van der Waals surface area contributed by atoms with Crippen molar-refractivity contribution in [3.8, 4) is 11.5 Å². The van der Waals surface area contributed by atoms with Gasteiger partial charge in [-0.2, -0.15) is 0 Å². The summed E-state index contributed by atoms with van der Waals surface area (Å²) in [4.78, 5) is 4.55. The second-order valence-electron chi connectivity index (χ2n) is 6.52. The fourth-order valence-corrected chi connectivity index (χ4v) is 3.02. The highest BCUT2D eigenvalue weighted by atomic mass is 16.5. The minimum absolute atomic E-state index is 0.165. The standard InChI is InChI=1S/C23H21N3O/c1-16-10-12-17(13-11-16)21-15-22(26-23(24)25-21)18-6-5-9-20(14-18)27-19-7-3-2-4-8-19/h2-15,22H,1H3,(H3,24,25,26). The highest BCUT2D eigenvalue weighted by molar-refractivity contribution is 5.90. The average Bonchev–Trinajstić information content (AvgIpc) is 2.69. The molecule has 134 valence electrons. The van der Waals surface area contributed by atoms with Gasteiger partial charge in [-0.1, -0.05) is 60.2 Å². The number of para-hydroxylation sites is 1. The summed E-state index contributed by atoms with van der Waals surface area (Å²) < 4.78 is 5.95. The highest BCUT2D eigenvalue weighted by Crippen LogP contribution is 2.30. The molecule has 1 atom stereocenters. The molecule has 3 N–H and O–H groups in total. The highest BCUT2D eigenvalue weighted by Gasteiger charge is 2.17. The van der Waals surface area contributed by atoms with E-state index in [9.17, 15) is 0 Å². The zero-order chi connectivity index (χ0) is 18.6. The first-order chi connectivity index (χ1) is 13.2. The van der Waals surface area contributed by atoms with Gasteiger partial charge >= 0.3 is 0 Å². The third-order valence-electron chi connectivity index (χ3n) is 4.41. The van der Waals surface area contributed by atoms with Crippen molar-refractivity contribution in [3.63, 3.8) is 0 Å². The monoisotopic (exact) mass is 355 g/mol. The first kappa shape index (κ1) is 16.9. The van der Waals surface area contributed by atoms with Gasteiger partial charge in [0.05, 0.1) is 6.04 Å². The number of hydrogen-bond donors (Lipinski definition) is 2. The number of aryl methyl sites for hydroxylation is 1. The molecule has 27 heavy (non-hydrogen) atoms. The van der Waals surface area contributed by atoms with Crippen LogP contribution in [0, 0.1) is 6.92 Å². The van der Waals surface area contributed by atoms with E-state index in [2.05, 4.69) is 47.6 Å². The van der Waals surface area contributed by atoms with Gasteiger partial charge in [0.1, 0.15) is 11.5 Å². The second-order valence-corrected chi connectivity index (χ2v) is 6.52. The second kappa shape index (κ2) is 7.38. The first-order valence-corrected chi connectivity index (χ1v) is 8.89. The molecule has 0 radical (unpaired) electrons. The molecule has 0 bridgehead atoms. The van der Waals surface area contributed by atoms with E-state index in [0.717, 1.165) is 28.3 Å². The van der Waals surface area contributed by atoms with Crippen molar-refractivity contribution < 1.29 is 4.74 Å². The van der Waals surface area contributed by atoms with E-state index in [1.807, 2.05) is 54.6 Å². The van der Waals surface area contributed by atoms with E-state index in [4.69, 9.17) is 10.5 Å². The summed E-state index contributed by atoms with van der Waals surface area (Å²) in [7, 11) is 0. The van der Waals surface area contributed by atoms with Crippen LogP contribution < -0.4 is 15.8 Å². The number of ether oxygens (including phenoxy) is 1. The Bertz CT molecular complexity index is 992. The molecule has 1 aliphatic rings. The summed E-state index contributed by atoms with van der Waals surface area (Å²) in [6.07, 6.45) is 2.09. The number of guanidine groups is 1. The van der Waals surface area contributed by atoms with E-state index in [1.54, 1.807) is 0 Å². The number of rotatable bonds is 4. The van der Waals surface area contributed by atoms with Gasteiger partial charge in [-0.25, -0.2) is 4.99 Å². The van der Waals surface area contributed by atoms with E-state index in [0.29, 0.717) is 5.96 Å². The van der Waals surface area contributed by atoms with E-state index in [-0.39, 0.29) is 6.04 Å². The first-order valence-electron chi connectivity index (χ1n) is 8.89. The third kappa shape index (κ3) is 4.01. The Balaban J connectivity index is 1.62. The Morgan fingerprint density at radius 1 is 0.889 bits per heavy atom. The van der Waals surface area contributed by atoms with Crippen LogP contribution in [0.5, 0.6) is 11.5 Å². The topological polar surface area (TPSA) is 59.6 Å². The van der Waals surface area contributed by atoms with Crippen molar-refractivity contribution in [2.75, 3.05) is 0 Å². The smallest absolute Gasteiger partial charge is 0.194 e. The molecule has 0 amide bonds. The third-order valence-corrected chi connectivity index (χ3v) is 4.41. The largest absolute Gasteiger partial charge is 0.457 e. The van der Waals surface area contributed by atoms with Crippen LogP contribution in [0.3, 0.4) is 0 Å². The fourth-order valence-electron chi connectivity index (χ4n) is 3.02. The Hall–Kier alpha value is -3.53. The maximum Gasteiger partial charge on any atom is 0.194 e. The molecule has 3 aromatic rings. The molecule has 1 unspecified atom stereocenters. The molecule has 4 heteroatoms. The van der Waals surface area contributed by atoms with Crippen molar-refractivity contribution in [1.29, 1.82) is 0 Å². The van der Waals surface area contributed by atoms with Gasteiger partial charge in [-0.15, -0.1) is 0 Å². The van der Waals surface area contributed by atoms with Crippen molar-refractivity contribution in [1.82, 2.24) is 5.32 Å². The molecule has 0 spiro atoms. The van der Waals surface area contributed by atoms with Crippen LogP contribution in [0.4, 0.5) is 0 Å². The molecule has 0 saturated heterocycles. The van der Waals surface area contributed by atoms with Crippen LogP contribution in [0.2, 0.25) is 0 Å². The van der Waals surface area contributed by atoms with Gasteiger partial charge in [-0.3, -0.25) is 0 Å². The number of nitrogens with one attached hydrogen (secondary N) is 1. The van der Waals surface area contributed by atoms with Crippen LogP contribution in [-0.2, 0) is 0 Å². The number of aliphatic imine (C=N–C) groups is 1. The number of nitrogens with two attached hydrogens (primary N) is 1. The lowest BCUT2D eigenvalue weighted by molar-refractivity contribution is 0.481. The number of nitrogens with zero attached hydrogens (tertiary/aromatic N) is 1. The van der Waals surface area contributed by atoms with Gasteiger partial charge in [0, 0.05) is 5.70 Å². The van der Waals surface area contributed by atoms with Crippen LogP contribution in [-0.4, -0.2) is 5.96 Å². The van der Waals surface area contributed by atoms with E-state index >= 15 is 0 Å². The summed E-state index contributed by atoms with van der Waals surface area (Å²) in [5, 5.41) is 3.16. The van der Waals surface area contributed by atoms with E-state index < -0.39 is 0 Å². The van der Waals surface area contributed by atoms with Crippen LogP contribution >= 0.6 is 0 Å². The average molecular weight is 355 g/mol. The number of benzene rings is 3. The van der Waals surface area contributed by atoms with Crippen LogP contribution in [0.1, 0.15) is 22.7 Å². The zero-order valence-electron chi connectivity index (χ0n) is 15.1. The Morgan fingerprint density at radius 3 is 2.41 bits per heavy atom. The van der Waals surface area contributed by atoms with Crippen LogP contribution in [0.25, 0.3) is 5.70 Å². The molecule has 4 nitrogen and oxygen atoms in total. The summed E-state index contributed by atoms with van der Waals surface area (Å²) in [6.45, 7) is 2.07. The molecule has 0 fully saturated rings. The van der Waals surface area contributed by atoms with Crippen molar-refractivity contribution in [3.05, 3.63) is 102 Å². The lowest BCUT2D eigenvalue weighted by atomic mass is 10.0. The van der Waals surface area contributed by atoms with Gasteiger partial charge < -0.3 is 15.8 Å². The van der Waals surface area contributed by atoms with Crippen molar-refractivity contribution in [2.24, 2.45) is 10.7 Å². The molecular weight excluding hydrogens is 334 g/mol. The molecule has 1 heterocycles. The summed E-state index contributed by atoms with van der Waals surface area (Å²) >= 11 is 0. The molecule has 0 saturated carbocycles. The van der Waals surface area contributed by atoms with Gasteiger partial charge in [0.25, 0.3) is 0 Å². The lowest BCUT2D eigenvalue weighted by Crippen LogP contribution is -2.33. The quantitative estimate of drug-likeness (QED) is 0.707. The molecular formula is C23H21N3O. The molecule has 4 rings (SSSR count). The summed E-state index contributed by atoms with van der Waals surface area (Å²) in [6, 6.07) is 25.9. The van der Waals surface area contributed by atoms with Crippen LogP contribution in [0.15, 0.2) is 89.9 Å². The van der Waals surface area contributed by atoms with E-state index in [1.165, 1.54) is 5.56 Å². The van der Waals surface area contributed by atoms with Gasteiger partial charge in [-0.05, 0) is 48.4 Å². The summed E-state index contributed by atoms with van der Waals surface area (Å²) in [5.74, 6) is 1.99. The Kier molecular flexibility index (Phi) is 4.62. The minimum atomic E-state index is -0.165. The zero-order valence-corrected chi connectivity index (χ0v) is 15.1. The fraction of sp³-hybridized carbons (Fsp3) is 0.0870. The maximum absolute atomic E-state index is 6.05. The van der Waals surface area contributed by atoms with Crippen molar-refractivity contribution >= 4 is 11.7 Å². The SMILES string of the molecule is Cc1ccc(C2=CC(c3cccc(Oc4ccccc4)c3)N=C(N)N2)cc1. The molecule has 3 aromatic carbocycles.